The molecule has 34 heavy (non-hydrogen) atoms. The summed E-state index contributed by atoms with van der Waals surface area (Å²) in [5.41, 5.74) is -1.47. The molecule has 0 radical (unpaired) electrons. The van der Waals surface area contributed by atoms with Crippen LogP contribution in [0.1, 0.15) is 25.7 Å². The summed E-state index contributed by atoms with van der Waals surface area (Å²) in [5, 5.41) is 69.7. The molecule has 0 rings (SSSR count). The van der Waals surface area contributed by atoms with Crippen LogP contribution in [0.5, 0.6) is 0 Å². The number of rotatable bonds is 22. The molecule has 0 aliphatic heterocycles. The fraction of sp³-hybridized carbons (Fsp3) is 0.900. The number of carbonyl (C=O) groups excluding carboxylic acids is 1. The molecule has 0 heterocycles. The average Bonchev–Trinajstić information content (AvgIpc) is 2.83. The van der Waals surface area contributed by atoms with E-state index in [4.69, 9.17) is 19.3 Å². The zero-order chi connectivity index (χ0) is 25.8. The molecule has 0 aliphatic carbocycles. The second kappa shape index (κ2) is 19.7. The van der Waals surface area contributed by atoms with Gasteiger partial charge in [0.05, 0.1) is 59.5 Å². The highest BCUT2D eigenvalue weighted by molar-refractivity contribution is 5.74. The quantitative estimate of drug-likeness (QED) is 0.0669. The Balaban J connectivity index is 5.34. The third-order valence-corrected chi connectivity index (χ3v) is 4.74. The van der Waals surface area contributed by atoms with Crippen molar-refractivity contribution in [2.45, 2.75) is 49.5 Å². The number of urea groups is 1. The molecule has 2 amide bonds. The number of carboxylic acids is 1. The molecule has 0 fully saturated rings. The van der Waals surface area contributed by atoms with Crippen molar-refractivity contribution in [1.82, 2.24) is 10.6 Å². The topological polar surface area (TPSA) is 227 Å². The fourth-order valence-electron chi connectivity index (χ4n) is 2.62. The third-order valence-electron chi connectivity index (χ3n) is 4.74. The van der Waals surface area contributed by atoms with Gasteiger partial charge >= 0.3 is 12.0 Å². The normalized spacial score (nSPS) is 12.0. The van der Waals surface area contributed by atoms with Crippen molar-refractivity contribution in [3.05, 3.63) is 0 Å². The summed E-state index contributed by atoms with van der Waals surface area (Å²) < 4.78 is 16.4. The van der Waals surface area contributed by atoms with Gasteiger partial charge in [0.25, 0.3) is 0 Å². The molecule has 14 heteroatoms. The molecule has 0 aromatic heterocycles. The van der Waals surface area contributed by atoms with Crippen LogP contribution >= 0.6 is 0 Å². The molecular weight excluding hydrogens is 460 g/mol. The number of hydrogen-bond acceptors (Lipinski definition) is 11. The van der Waals surface area contributed by atoms with E-state index in [-0.39, 0.29) is 32.8 Å². The van der Waals surface area contributed by atoms with Gasteiger partial charge in [-0.3, -0.25) is 4.79 Å². The van der Waals surface area contributed by atoms with Crippen molar-refractivity contribution in [2.24, 2.45) is 0 Å². The van der Waals surface area contributed by atoms with E-state index in [1.165, 1.54) is 0 Å². The summed E-state index contributed by atoms with van der Waals surface area (Å²) in [5.74, 6) is -0.896. The Morgan fingerprint density at radius 3 is 1.44 bits per heavy atom. The monoisotopic (exact) mass is 500 g/mol. The minimum atomic E-state index is -1.47. The molecule has 0 spiro atoms. The van der Waals surface area contributed by atoms with Gasteiger partial charge in [-0.15, -0.1) is 0 Å². The van der Waals surface area contributed by atoms with E-state index < -0.39 is 75.5 Å². The number of nitrogens with one attached hydrogen (secondary N) is 2. The molecular formula is C20H40N2O12. The molecule has 14 nitrogen and oxygen atoms in total. The van der Waals surface area contributed by atoms with Gasteiger partial charge in [0, 0.05) is 13.0 Å². The van der Waals surface area contributed by atoms with E-state index in [0.717, 1.165) is 0 Å². The zero-order valence-electron chi connectivity index (χ0n) is 19.3. The van der Waals surface area contributed by atoms with Crippen LogP contribution in [0.2, 0.25) is 0 Å². The van der Waals surface area contributed by atoms with Gasteiger partial charge in [-0.25, -0.2) is 4.79 Å². The van der Waals surface area contributed by atoms with Gasteiger partial charge < -0.3 is 60.6 Å². The van der Waals surface area contributed by atoms with Gasteiger partial charge in [0.15, 0.2) is 0 Å². The lowest BCUT2D eigenvalue weighted by atomic mass is 10.0. The maximum atomic E-state index is 12.6. The molecule has 0 aromatic rings. The number of carboxylic acid groups (broad SMARTS) is 1. The fourth-order valence-corrected chi connectivity index (χ4v) is 2.62. The maximum absolute atomic E-state index is 12.6. The minimum absolute atomic E-state index is 0.0337. The third kappa shape index (κ3) is 14.6. The Morgan fingerprint density at radius 1 is 0.676 bits per heavy atom. The summed E-state index contributed by atoms with van der Waals surface area (Å²) >= 11 is 0. The Morgan fingerprint density at radius 2 is 1.09 bits per heavy atom. The van der Waals surface area contributed by atoms with E-state index >= 15 is 0 Å². The largest absolute Gasteiger partial charge is 0.481 e. The number of aliphatic carboxylic acids is 1. The van der Waals surface area contributed by atoms with Crippen LogP contribution in [0.25, 0.3) is 0 Å². The molecule has 0 saturated heterocycles. The molecule has 0 saturated carbocycles. The first-order valence-electron chi connectivity index (χ1n) is 11.1. The molecule has 202 valence electrons. The van der Waals surface area contributed by atoms with E-state index in [1.54, 1.807) is 0 Å². The molecule has 0 unspecified atom stereocenters. The van der Waals surface area contributed by atoms with Crippen molar-refractivity contribution in [1.29, 1.82) is 0 Å². The van der Waals surface area contributed by atoms with Crippen LogP contribution < -0.4 is 10.6 Å². The van der Waals surface area contributed by atoms with Crippen LogP contribution in [0.4, 0.5) is 4.79 Å². The summed E-state index contributed by atoms with van der Waals surface area (Å²) in [6, 6.07) is -0.660. The molecule has 0 atom stereocenters. The standard InChI is InChI=1S/C20H40N2O12/c23-6-15(7-24)32-12-20(13-33-16(8-25)9-26,14-34-17(10-27)11-28)22-19(31)21-5-3-1-2-4-18(29)30/h15-17,23-28H,1-14H2,(H,29,30)(H2,21,22,31). The number of carbonyl (C=O) groups is 2. The van der Waals surface area contributed by atoms with Crippen LogP contribution in [0, 0.1) is 0 Å². The van der Waals surface area contributed by atoms with E-state index in [0.29, 0.717) is 19.3 Å². The van der Waals surface area contributed by atoms with Gasteiger partial charge in [0.2, 0.25) is 0 Å². The SMILES string of the molecule is O=C(O)CCCCCNC(=O)NC(COC(CO)CO)(COC(CO)CO)COC(CO)CO. The smallest absolute Gasteiger partial charge is 0.315 e. The van der Waals surface area contributed by atoms with Gasteiger partial charge in [0.1, 0.15) is 23.9 Å². The molecule has 9 N–H and O–H groups in total. The summed E-state index contributed by atoms with van der Waals surface area (Å²) in [6.07, 6.45) is -1.31. The zero-order valence-corrected chi connectivity index (χ0v) is 19.3. The van der Waals surface area contributed by atoms with Crippen molar-refractivity contribution < 1.29 is 59.5 Å². The maximum Gasteiger partial charge on any atom is 0.315 e. The van der Waals surface area contributed by atoms with Gasteiger partial charge in [-0.2, -0.15) is 0 Å². The lowest BCUT2D eigenvalue weighted by Crippen LogP contribution is -2.62. The number of ether oxygens (including phenoxy) is 3. The lowest BCUT2D eigenvalue weighted by molar-refractivity contribution is -0.137. The first-order valence-corrected chi connectivity index (χ1v) is 11.1. The minimum Gasteiger partial charge on any atom is -0.481 e. The Kier molecular flexibility index (Phi) is 18.7. The number of aliphatic hydroxyl groups excluding tert-OH is 6. The second-order valence-corrected chi connectivity index (χ2v) is 7.76. The Labute approximate surface area is 198 Å². The van der Waals surface area contributed by atoms with Gasteiger partial charge in [-0.05, 0) is 12.8 Å². The Hall–Kier alpha value is -1.62. The molecule has 0 aromatic carbocycles. The molecule has 0 aliphatic rings. The summed E-state index contributed by atoms with van der Waals surface area (Å²) in [4.78, 5) is 23.1. The highest BCUT2D eigenvalue weighted by atomic mass is 16.5. The first-order chi connectivity index (χ1) is 16.3. The number of unbranched alkanes of at least 4 members (excludes halogenated alkanes) is 2. The summed E-state index contributed by atoms with van der Waals surface area (Å²) in [7, 11) is 0. The van der Waals surface area contributed by atoms with Gasteiger partial charge in [-0.1, -0.05) is 6.42 Å². The first kappa shape index (κ1) is 32.4. The molecule has 0 bridgehead atoms. The number of aliphatic hydroxyl groups is 6. The lowest BCUT2D eigenvalue weighted by Gasteiger charge is -2.36. The van der Waals surface area contributed by atoms with Crippen LogP contribution in [0.3, 0.4) is 0 Å². The second-order valence-electron chi connectivity index (χ2n) is 7.76. The van der Waals surface area contributed by atoms with Crippen molar-refractivity contribution in [3.63, 3.8) is 0 Å². The number of hydrogen-bond donors (Lipinski definition) is 9. The predicted molar refractivity (Wildman–Crippen MR) is 117 cm³/mol. The number of amides is 2. The van der Waals surface area contributed by atoms with E-state index in [9.17, 15) is 40.2 Å². The van der Waals surface area contributed by atoms with Crippen molar-refractivity contribution in [3.8, 4) is 0 Å². The summed E-state index contributed by atoms with van der Waals surface area (Å²) in [6.45, 7) is -3.83. The predicted octanol–water partition coefficient (Wildman–Crippen LogP) is -3.22. The van der Waals surface area contributed by atoms with E-state index in [2.05, 4.69) is 10.6 Å². The van der Waals surface area contributed by atoms with E-state index in [1.807, 2.05) is 0 Å². The highest BCUT2D eigenvalue weighted by Gasteiger charge is 2.36. The highest BCUT2D eigenvalue weighted by Crippen LogP contribution is 2.13. The average molecular weight is 501 g/mol. The van der Waals surface area contributed by atoms with Crippen molar-refractivity contribution >= 4 is 12.0 Å². The van der Waals surface area contributed by atoms with Crippen LogP contribution in [-0.4, -0.2) is 138 Å². The van der Waals surface area contributed by atoms with Crippen LogP contribution in [-0.2, 0) is 19.0 Å². The van der Waals surface area contributed by atoms with Crippen LogP contribution in [0.15, 0.2) is 0 Å². The van der Waals surface area contributed by atoms with Crippen molar-refractivity contribution in [2.75, 3.05) is 66.0 Å². The Bertz CT molecular complexity index is 487.